The Kier molecular flexibility index (Phi) is 3.57. The monoisotopic (exact) mass is 325 g/mol. The Balaban J connectivity index is 1.94. The lowest BCUT2D eigenvalue weighted by Gasteiger charge is -2.05. The standard InChI is InChI=1S/C12H13N5O4S/c1-3-19-10-8(6-21-11-13-4-5-22-11)9(7-20-10)17-12(18)16(2)14-15-17/h4-5,7H,3,6H2,1-2H3/i4T. The number of thiazole rings is 1. The molecule has 0 aliphatic rings. The van der Waals surface area contributed by atoms with Crippen molar-refractivity contribution in [1.82, 2.24) is 24.8 Å². The Labute approximate surface area is 130 Å². The fourth-order valence-electron chi connectivity index (χ4n) is 1.77. The van der Waals surface area contributed by atoms with Gasteiger partial charge in [-0.25, -0.2) is 9.78 Å². The molecule has 0 spiro atoms. The molecule has 3 rings (SSSR count). The lowest BCUT2D eigenvalue weighted by molar-refractivity contribution is 0.239. The van der Waals surface area contributed by atoms with E-state index in [9.17, 15) is 4.79 Å². The van der Waals surface area contributed by atoms with Gasteiger partial charge >= 0.3 is 5.69 Å². The third-order valence-corrected chi connectivity index (χ3v) is 3.40. The molecule has 0 bridgehead atoms. The van der Waals surface area contributed by atoms with Gasteiger partial charge in [-0.2, -0.15) is 9.36 Å². The summed E-state index contributed by atoms with van der Waals surface area (Å²) in [5.41, 5.74) is 0.475. The van der Waals surface area contributed by atoms with Crippen molar-refractivity contribution < 1.29 is 15.3 Å². The van der Waals surface area contributed by atoms with Crippen LogP contribution < -0.4 is 15.2 Å². The Morgan fingerprint density at radius 1 is 1.45 bits per heavy atom. The predicted octanol–water partition coefficient (Wildman–Crippen LogP) is 0.993. The van der Waals surface area contributed by atoms with Gasteiger partial charge in [0, 0.05) is 18.6 Å². The van der Waals surface area contributed by atoms with Crippen LogP contribution >= 0.6 is 11.3 Å². The van der Waals surface area contributed by atoms with E-state index >= 15 is 0 Å². The van der Waals surface area contributed by atoms with E-state index in [4.69, 9.17) is 15.3 Å². The molecule has 0 unspecified atom stereocenters. The maximum atomic E-state index is 12.0. The summed E-state index contributed by atoms with van der Waals surface area (Å²) in [6.07, 6.45) is 1.49. The fraction of sp³-hybridized carbons (Fsp3) is 0.333. The first-order valence-electron chi connectivity index (χ1n) is 6.87. The second-order valence-corrected chi connectivity index (χ2v) is 4.97. The number of tetrazole rings is 1. The normalized spacial score (nSPS) is 11.5. The minimum Gasteiger partial charge on any atom is -0.465 e. The maximum Gasteiger partial charge on any atom is 0.368 e. The van der Waals surface area contributed by atoms with E-state index < -0.39 is 5.69 Å². The van der Waals surface area contributed by atoms with Gasteiger partial charge in [-0.05, 0) is 17.4 Å². The Morgan fingerprint density at radius 2 is 2.32 bits per heavy atom. The largest absolute Gasteiger partial charge is 0.465 e. The van der Waals surface area contributed by atoms with Crippen LogP contribution in [0.15, 0.2) is 27.0 Å². The summed E-state index contributed by atoms with van der Waals surface area (Å²) in [7, 11) is 1.50. The van der Waals surface area contributed by atoms with Crippen molar-refractivity contribution in [3.05, 3.63) is 33.9 Å². The lowest BCUT2D eigenvalue weighted by atomic mass is 10.3. The average molecular weight is 325 g/mol. The minimum atomic E-state index is -0.419. The molecule has 0 saturated carbocycles. The molecule has 0 amide bonds. The maximum absolute atomic E-state index is 12.0. The summed E-state index contributed by atoms with van der Waals surface area (Å²) < 4.78 is 25.9. The zero-order valence-electron chi connectivity index (χ0n) is 12.8. The molecule has 0 fully saturated rings. The third-order valence-electron chi connectivity index (χ3n) is 2.77. The van der Waals surface area contributed by atoms with Crippen LogP contribution in [0, 0.1) is 0 Å². The van der Waals surface area contributed by atoms with Gasteiger partial charge in [0.15, 0.2) is 0 Å². The summed E-state index contributed by atoms with van der Waals surface area (Å²) in [5, 5.41) is 9.35. The molecule has 0 aromatic carbocycles. The lowest BCUT2D eigenvalue weighted by Crippen LogP contribution is -2.22. The molecule has 3 aromatic rings. The van der Waals surface area contributed by atoms with E-state index in [2.05, 4.69) is 15.4 Å². The summed E-state index contributed by atoms with van der Waals surface area (Å²) in [6.45, 7) is 2.26. The first-order chi connectivity index (χ1) is 11.1. The summed E-state index contributed by atoms with van der Waals surface area (Å²) in [5.74, 6) is 0.239. The molecule has 0 saturated heterocycles. The van der Waals surface area contributed by atoms with Crippen molar-refractivity contribution in [2.24, 2.45) is 7.05 Å². The SMILES string of the molecule is [3H]c1csc(OCc2c(-n3nnn(C)c3=O)coc2OCC)n1. The average Bonchev–Trinajstić information content (AvgIpc) is 3.20. The zero-order valence-corrected chi connectivity index (χ0v) is 12.7. The molecule has 0 atom stereocenters. The van der Waals surface area contributed by atoms with Crippen molar-refractivity contribution in [2.45, 2.75) is 13.5 Å². The van der Waals surface area contributed by atoms with Gasteiger partial charge in [0.2, 0.25) is 0 Å². The molecule has 0 aliphatic heterocycles. The molecule has 9 nitrogen and oxygen atoms in total. The van der Waals surface area contributed by atoms with E-state index in [1.54, 1.807) is 5.38 Å². The molecule has 3 aromatic heterocycles. The van der Waals surface area contributed by atoms with E-state index in [0.29, 0.717) is 23.1 Å². The van der Waals surface area contributed by atoms with E-state index in [0.717, 1.165) is 9.36 Å². The Morgan fingerprint density at radius 3 is 2.95 bits per heavy atom. The molecule has 3 heterocycles. The molecule has 116 valence electrons. The van der Waals surface area contributed by atoms with Gasteiger partial charge in [0.25, 0.3) is 11.1 Å². The van der Waals surface area contributed by atoms with Crippen LogP contribution in [-0.4, -0.2) is 31.4 Å². The third kappa shape index (κ3) is 2.60. The molecule has 10 heteroatoms. The number of ether oxygens (including phenoxy) is 2. The predicted molar refractivity (Wildman–Crippen MR) is 76.5 cm³/mol. The second-order valence-electron chi connectivity index (χ2n) is 4.15. The zero-order chi connectivity index (χ0) is 16.4. The number of nitrogens with zero attached hydrogens (tertiary/aromatic N) is 5. The van der Waals surface area contributed by atoms with Crippen LogP contribution in [0.3, 0.4) is 0 Å². The number of furan rings is 1. The number of aryl methyl sites for hydroxylation is 1. The molecular weight excluding hydrogens is 310 g/mol. The summed E-state index contributed by atoms with van der Waals surface area (Å²) in [4.78, 5) is 15.9. The fourth-order valence-corrected chi connectivity index (χ4v) is 2.20. The van der Waals surface area contributed by atoms with Crippen molar-refractivity contribution in [2.75, 3.05) is 6.61 Å². The van der Waals surface area contributed by atoms with Crippen LogP contribution in [0.2, 0.25) is 0 Å². The van der Waals surface area contributed by atoms with E-state index in [-0.39, 0.29) is 18.7 Å². The van der Waals surface area contributed by atoms with Crippen molar-refractivity contribution >= 4 is 11.3 Å². The minimum absolute atomic E-state index is 0.0527. The number of hydrogen-bond acceptors (Lipinski definition) is 8. The van der Waals surface area contributed by atoms with Gasteiger partial charge in [0.1, 0.15) is 18.6 Å². The van der Waals surface area contributed by atoms with Crippen LogP contribution in [0.1, 0.15) is 13.9 Å². The molecule has 0 N–H and O–H groups in total. The molecule has 0 aliphatic carbocycles. The highest BCUT2D eigenvalue weighted by Gasteiger charge is 2.21. The Hall–Kier alpha value is -2.62. The van der Waals surface area contributed by atoms with Gasteiger partial charge < -0.3 is 13.9 Å². The number of aromatic nitrogens is 5. The second kappa shape index (κ2) is 6.02. The van der Waals surface area contributed by atoms with Crippen LogP contribution in [0.5, 0.6) is 11.1 Å². The first-order valence-corrected chi connectivity index (χ1v) is 7.25. The van der Waals surface area contributed by atoms with Crippen molar-refractivity contribution in [3.8, 4) is 16.8 Å². The molecule has 22 heavy (non-hydrogen) atoms. The van der Waals surface area contributed by atoms with Gasteiger partial charge in [-0.1, -0.05) is 11.3 Å². The summed E-state index contributed by atoms with van der Waals surface area (Å²) in [6, 6.07) is 0. The quantitative estimate of drug-likeness (QED) is 0.666. The molecule has 0 radical (unpaired) electrons. The summed E-state index contributed by atoms with van der Waals surface area (Å²) >= 11 is 1.21. The highest BCUT2D eigenvalue weighted by Crippen LogP contribution is 2.28. The highest BCUT2D eigenvalue weighted by atomic mass is 32.1. The van der Waals surface area contributed by atoms with Crippen molar-refractivity contribution in [3.63, 3.8) is 0 Å². The van der Waals surface area contributed by atoms with E-state index in [1.807, 2.05) is 6.92 Å². The number of rotatable bonds is 6. The van der Waals surface area contributed by atoms with E-state index in [1.165, 1.54) is 24.6 Å². The molecular formula is C12H13N5O4S. The smallest absolute Gasteiger partial charge is 0.368 e. The van der Waals surface area contributed by atoms with Crippen LogP contribution in [0.25, 0.3) is 5.69 Å². The number of hydrogen-bond donors (Lipinski definition) is 0. The van der Waals surface area contributed by atoms with Gasteiger partial charge in [0.05, 0.1) is 13.5 Å². The Bertz CT molecular complexity index is 867. The topological polar surface area (TPSA) is 97.2 Å². The van der Waals surface area contributed by atoms with Crippen LogP contribution in [0.4, 0.5) is 0 Å². The van der Waals surface area contributed by atoms with Gasteiger partial charge in [-0.15, -0.1) is 0 Å². The van der Waals surface area contributed by atoms with Gasteiger partial charge in [-0.3, -0.25) is 0 Å². The first kappa shape index (κ1) is 13.1. The van der Waals surface area contributed by atoms with Crippen LogP contribution in [-0.2, 0) is 13.7 Å². The highest BCUT2D eigenvalue weighted by molar-refractivity contribution is 7.11. The van der Waals surface area contributed by atoms with Crippen molar-refractivity contribution in [1.29, 1.82) is 0 Å².